The van der Waals surface area contributed by atoms with Gasteiger partial charge >= 0.3 is 0 Å². The molecule has 0 aliphatic rings. The highest BCUT2D eigenvalue weighted by molar-refractivity contribution is 5.95. The molecule has 0 fully saturated rings. The van der Waals surface area contributed by atoms with Crippen LogP contribution in [0.25, 0.3) is 5.69 Å². The number of hydrogen-bond acceptors (Lipinski definition) is 3. The molecular weight excluding hydrogens is 396 g/mol. The molecule has 0 unspecified atom stereocenters. The molecule has 1 N–H and O–H groups in total. The lowest BCUT2D eigenvalue weighted by molar-refractivity contribution is 0.0953. The van der Waals surface area contributed by atoms with Crippen molar-refractivity contribution in [3.05, 3.63) is 96.5 Å². The zero-order valence-corrected chi connectivity index (χ0v) is 18.8. The van der Waals surface area contributed by atoms with E-state index in [9.17, 15) is 4.79 Å². The topological polar surface area (TPSA) is 59.3 Å². The summed E-state index contributed by atoms with van der Waals surface area (Å²) in [5.41, 5.74) is 2.95. The van der Waals surface area contributed by atoms with E-state index in [4.69, 9.17) is 0 Å². The summed E-state index contributed by atoms with van der Waals surface area (Å²) in [5, 5.41) is 7.30. The molecule has 164 valence electrons. The normalized spacial score (nSPS) is 11.8. The van der Waals surface area contributed by atoms with Crippen LogP contribution in [0.1, 0.15) is 49.0 Å². The first-order valence-corrected chi connectivity index (χ1v) is 10.7. The number of carbonyl (C=O) groups excluding carboxylic acids is 1. The smallest absolute Gasteiger partial charge is 0.251 e. The molecule has 1 amide bonds. The number of nitrogens with one attached hydrogen (secondary N) is 1. The predicted molar refractivity (Wildman–Crippen MR) is 133 cm³/mol. The molecule has 0 radical (unpaired) electrons. The molecule has 0 saturated carbocycles. The summed E-state index contributed by atoms with van der Waals surface area (Å²) in [7, 11) is 0. The number of amides is 1. The lowest BCUT2D eigenvalue weighted by atomic mass is 10.1. The molecule has 1 aromatic carbocycles. The average molecular weight is 427 g/mol. The standard InChI is InChI=1S/C27H30N4O/c1-4-12-23(13-5-2)14-15-24-22-25(16-17-26(24)31-21-11-20-30-31)27(32)29-19-10-8-7-9-18-28-6-3/h4-6,9,11-13,16-18,20-22H,1,7-8,10,19H2,2-3H3,(H,29,32)/b13-5-,18-9-,23-12+,28-6?. The van der Waals surface area contributed by atoms with Gasteiger partial charge in [0.1, 0.15) is 0 Å². The number of unbranched alkanes of at least 4 members (excludes halogenated alkanes) is 2. The quantitative estimate of drug-likeness (QED) is 0.239. The Morgan fingerprint density at radius 2 is 2.19 bits per heavy atom. The zero-order valence-electron chi connectivity index (χ0n) is 18.8. The van der Waals surface area contributed by atoms with Gasteiger partial charge in [-0.1, -0.05) is 42.7 Å². The first kappa shape index (κ1) is 24.4. The molecule has 2 rings (SSSR count). The van der Waals surface area contributed by atoms with Crippen LogP contribution in [0.15, 0.2) is 90.4 Å². The van der Waals surface area contributed by atoms with Crippen molar-refractivity contribution < 1.29 is 4.79 Å². The average Bonchev–Trinajstić information content (AvgIpc) is 3.34. The van der Waals surface area contributed by atoms with Gasteiger partial charge in [-0.05, 0) is 63.5 Å². The van der Waals surface area contributed by atoms with E-state index in [1.807, 2.05) is 62.5 Å². The monoisotopic (exact) mass is 426 g/mol. The molecule has 5 nitrogen and oxygen atoms in total. The Kier molecular flexibility index (Phi) is 10.8. The summed E-state index contributed by atoms with van der Waals surface area (Å²) in [6.45, 7) is 8.19. The Hall–Kier alpha value is -3.91. The summed E-state index contributed by atoms with van der Waals surface area (Å²) in [4.78, 5) is 16.7. The minimum Gasteiger partial charge on any atom is -0.352 e. The maximum absolute atomic E-state index is 12.7. The Morgan fingerprint density at radius 1 is 1.31 bits per heavy atom. The number of rotatable bonds is 10. The van der Waals surface area contributed by atoms with E-state index >= 15 is 0 Å². The van der Waals surface area contributed by atoms with Crippen LogP contribution in [0, 0.1) is 11.8 Å². The fraction of sp³-hybridized carbons (Fsp3) is 0.222. The fourth-order valence-electron chi connectivity index (χ4n) is 2.89. The van der Waals surface area contributed by atoms with Crippen LogP contribution in [0.2, 0.25) is 0 Å². The summed E-state index contributed by atoms with van der Waals surface area (Å²) < 4.78 is 1.74. The van der Waals surface area contributed by atoms with E-state index in [2.05, 4.69) is 33.8 Å². The molecule has 1 aromatic heterocycles. The Morgan fingerprint density at radius 3 is 2.91 bits per heavy atom. The second kappa shape index (κ2) is 14.2. The van der Waals surface area contributed by atoms with Gasteiger partial charge in [-0.25, -0.2) is 4.68 Å². The van der Waals surface area contributed by atoms with Crippen molar-refractivity contribution in [1.29, 1.82) is 0 Å². The number of carbonyl (C=O) groups is 1. The Balaban J connectivity index is 2.14. The molecule has 32 heavy (non-hydrogen) atoms. The maximum atomic E-state index is 12.7. The lowest BCUT2D eigenvalue weighted by Gasteiger charge is -2.09. The third kappa shape index (κ3) is 8.08. The molecule has 1 heterocycles. The van der Waals surface area contributed by atoms with E-state index in [-0.39, 0.29) is 5.91 Å². The molecular formula is C27H30N4O. The van der Waals surface area contributed by atoms with E-state index in [0.717, 1.165) is 36.1 Å². The van der Waals surface area contributed by atoms with Crippen molar-refractivity contribution in [3.8, 4) is 17.5 Å². The van der Waals surface area contributed by atoms with E-state index in [1.165, 1.54) is 0 Å². The van der Waals surface area contributed by atoms with Crippen molar-refractivity contribution >= 4 is 12.1 Å². The first-order valence-electron chi connectivity index (χ1n) is 10.7. The highest BCUT2D eigenvalue weighted by Crippen LogP contribution is 2.16. The number of nitrogens with zero attached hydrogens (tertiary/aromatic N) is 3. The Bertz CT molecular complexity index is 1060. The molecule has 0 aliphatic heterocycles. The SMILES string of the molecule is C=C/C=C(C#Cc1cc(C(=O)NCCCC/C=C\N=CC)ccc1-n1cccn1)\C=C/C. The van der Waals surface area contributed by atoms with Crippen LogP contribution >= 0.6 is 0 Å². The number of benzene rings is 1. The zero-order chi connectivity index (χ0) is 23.0. The summed E-state index contributed by atoms with van der Waals surface area (Å²) in [6, 6.07) is 7.34. The maximum Gasteiger partial charge on any atom is 0.251 e. The van der Waals surface area contributed by atoms with Crippen LogP contribution in [0.3, 0.4) is 0 Å². The van der Waals surface area contributed by atoms with Gasteiger partial charge in [0.2, 0.25) is 0 Å². The van der Waals surface area contributed by atoms with Crippen molar-refractivity contribution in [2.24, 2.45) is 4.99 Å². The van der Waals surface area contributed by atoms with Gasteiger partial charge < -0.3 is 5.32 Å². The van der Waals surface area contributed by atoms with Crippen LogP contribution in [-0.4, -0.2) is 28.4 Å². The summed E-state index contributed by atoms with van der Waals surface area (Å²) in [6.07, 6.45) is 19.4. The van der Waals surface area contributed by atoms with Crippen LogP contribution in [0.4, 0.5) is 0 Å². The number of aliphatic imine (C=N–C) groups is 1. The molecule has 5 heteroatoms. The summed E-state index contributed by atoms with van der Waals surface area (Å²) >= 11 is 0. The second-order valence-corrected chi connectivity index (χ2v) is 6.83. The molecule has 0 atom stereocenters. The van der Waals surface area contributed by atoms with Crippen molar-refractivity contribution in [3.63, 3.8) is 0 Å². The van der Waals surface area contributed by atoms with E-state index in [1.54, 1.807) is 35.4 Å². The third-order valence-electron chi connectivity index (χ3n) is 4.42. The van der Waals surface area contributed by atoms with Crippen molar-refractivity contribution in [2.45, 2.75) is 33.1 Å². The Labute approximate surface area is 191 Å². The van der Waals surface area contributed by atoms with Gasteiger partial charge in [-0.15, -0.1) is 0 Å². The fourth-order valence-corrected chi connectivity index (χ4v) is 2.89. The number of hydrogen-bond donors (Lipinski definition) is 1. The predicted octanol–water partition coefficient (Wildman–Crippen LogP) is 5.42. The largest absolute Gasteiger partial charge is 0.352 e. The van der Waals surface area contributed by atoms with Gasteiger partial charge in [-0.3, -0.25) is 9.79 Å². The molecule has 0 aliphatic carbocycles. The van der Waals surface area contributed by atoms with Gasteiger partial charge in [0.15, 0.2) is 0 Å². The molecule has 2 aromatic rings. The van der Waals surface area contributed by atoms with Gasteiger partial charge in [0.25, 0.3) is 5.91 Å². The number of aromatic nitrogens is 2. The third-order valence-corrected chi connectivity index (χ3v) is 4.42. The molecule has 0 bridgehead atoms. The van der Waals surface area contributed by atoms with Crippen molar-refractivity contribution in [2.75, 3.05) is 6.54 Å². The van der Waals surface area contributed by atoms with E-state index in [0.29, 0.717) is 12.1 Å². The molecule has 0 spiro atoms. The first-order chi connectivity index (χ1) is 15.7. The highest BCUT2D eigenvalue weighted by Gasteiger charge is 2.10. The summed E-state index contributed by atoms with van der Waals surface area (Å²) in [5.74, 6) is 6.23. The van der Waals surface area contributed by atoms with E-state index < -0.39 is 0 Å². The highest BCUT2D eigenvalue weighted by atomic mass is 16.1. The van der Waals surface area contributed by atoms with Gasteiger partial charge in [-0.2, -0.15) is 5.10 Å². The van der Waals surface area contributed by atoms with Crippen LogP contribution < -0.4 is 5.32 Å². The van der Waals surface area contributed by atoms with Crippen LogP contribution in [-0.2, 0) is 0 Å². The van der Waals surface area contributed by atoms with Crippen molar-refractivity contribution in [1.82, 2.24) is 15.1 Å². The van der Waals surface area contributed by atoms with Gasteiger partial charge in [0.05, 0.1) is 11.3 Å². The lowest BCUT2D eigenvalue weighted by Crippen LogP contribution is -2.24. The van der Waals surface area contributed by atoms with Gasteiger partial charge in [0, 0.05) is 42.5 Å². The second-order valence-electron chi connectivity index (χ2n) is 6.83. The van der Waals surface area contributed by atoms with Crippen LogP contribution in [0.5, 0.6) is 0 Å². The minimum atomic E-state index is -0.110. The number of allylic oxidation sites excluding steroid dienone is 6. The molecule has 0 saturated heterocycles. The minimum absolute atomic E-state index is 0.110.